The third kappa shape index (κ3) is 7.39. The van der Waals surface area contributed by atoms with Crippen molar-refractivity contribution in [3.63, 3.8) is 0 Å². The molecule has 0 spiro atoms. The molecule has 0 saturated heterocycles. The smallest absolute Gasteiger partial charge is 0.255 e. The largest absolute Gasteiger partial charge is 0.272 e. The van der Waals surface area contributed by atoms with E-state index in [1.54, 1.807) is 30.3 Å². The third-order valence-corrected chi connectivity index (χ3v) is 7.64. The Bertz CT molecular complexity index is 1300. The van der Waals surface area contributed by atoms with Gasteiger partial charge in [-0.25, -0.2) is 13.8 Å². The van der Waals surface area contributed by atoms with Crippen LogP contribution in [0.15, 0.2) is 82.8 Å². The summed E-state index contributed by atoms with van der Waals surface area (Å²) in [5.41, 5.74) is 4.95. The molecular formula is C26H27Cl2N3O3S. The Labute approximate surface area is 216 Å². The van der Waals surface area contributed by atoms with Gasteiger partial charge in [0.1, 0.15) is 0 Å². The summed E-state index contributed by atoms with van der Waals surface area (Å²) in [5, 5.41) is 4.73. The lowest BCUT2D eigenvalue weighted by molar-refractivity contribution is -0.121. The molecule has 0 saturated carbocycles. The molecule has 0 fully saturated rings. The fraction of sp³-hybridized carbons (Fsp3) is 0.231. The van der Waals surface area contributed by atoms with E-state index in [2.05, 4.69) is 31.3 Å². The van der Waals surface area contributed by atoms with Crippen molar-refractivity contribution in [1.29, 1.82) is 0 Å². The van der Waals surface area contributed by atoms with Gasteiger partial charge in [-0.05, 0) is 46.4 Å². The first-order valence-corrected chi connectivity index (χ1v) is 13.1. The van der Waals surface area contributed by atoms with E-state index in [0.29, 0.717) is 15.6 Å². The fourth-order valence-electron chi connectivity index (χ4n) is 3.25. The van der Waals surface area contributed by atoms with Gasteiger partial charge < -0.3 is 0 Å². The SMILES string of the molecule is CC(C)(C)c1ccc(/C=N\NC(=O)CN(Cc2ccc(Cl)cc2Cl)S(=O)(=O)c2ccccc2)cc1. The van der Waals surface area contributed by atoms with Gasteiger partial charge in [0.25, 0.3) is 5.91 Å². The predicted octanol–water partition coefficient (Wildman–Crippen LogP) is 5.63. The second kappa shape index (κ2) is 11.4. The maximum atomic E-state index is 13.3. The van der Waals surface area contributed by atoms with Crippen LogP contribution >= 0.6 is 23.2 Å². The minimum Gasteiger partial charge on any atom is -0.272 e. The summed E-state index contributed by atoms with van der Waals surface area (Å²) < 4.78 is 27.6. The van der Waals surface area contributed by atoms with E-state index in [0.717, 1.165) is 9.87 Å². The summed E-state index contributed by atoms with van der Waals surface area (Å²) in [5.74, 6) is -0.586. The highest BCUT2D eigenvalue weighted by Crippen LogP contribution is 2.25. The molecule has 1 N–H and O–H groups in total. The number of nitrogens with one attached hydrogen (secondary N) is 1. The topological polar surface area (TPSA) is 78.8 Å². The Morgan fingerprint density at radius 1 is 1.00 bits per heavy atom. The van der Waals surface area contributed by atoms with Crippen molar-refractivity contribution in [3.05, 3.63) is 99.5 Å². The van der Waals surface area contributed by atoms with Crippen LogP contribution in [0.5, 0.6) is 0 Å². The Hall–Kier alpha value is -2.71. The normalized spacial score (nSPS) is 12.3. The first kappa shape index (κ1) is 26.9. The molecular weight excluding hydrogens is 505 g/mol. The molecule has 0 radical (unpaired) electrons. The maximum absolute atomic E-state index is 13.3. The molecule has 3 aromatic rings. The van der Waals surface area contributed by atoms with Gasteiger partial charge in [0.05, 0.1) is 17.7 Å². The van der Waals surface area contributed by atoms with E-state index < -0.39 is 22.5 Å². The molecule has 9 heteroatoms. The van der Waals surface area contributed by atoms with Crippen molar-refractivity contribution in [3.8, 4) is 0 Å². The van der Waals surface area contributed by atoms with Crippen LogP contribution in [0.25, 0.3) is 0 Å². The number of carbonyl (C=O) groups is 1. The van der Waals surface area contributed by atoms with Crippen LogP contribution in [0.2, 0.25) is 10.0 Å². The van der Waals surface area contributed by atoms with Crippen molar-refractivity contribution in [2.45, 2.75) is 37.6 Å². The number of hydrogen-bond donors (Lipinski definition) is 1. The minimum atomic E-state index is -3.99. The zero-order valence-electron chi connectivity index (χ0n) is 19.7. The Kier molecular flexibility index (Phi) is 8.72. The van der Waals surface area contributed by atoms with E-state index in [1.165, 1.54) is 30.0 Å². The zero-order chi connectivity index (χ0) is 25.6. The van der Waals surface area contributed by atoms with Crippen LogP contribution < -0.4 is 5.43 Å². The van der Waals surface area contributed by atoms with E-state index >= 15 is 0 Å². The van der Waals surface area contributed by atoms with Gasteiger partial charge in [-0.3, -0.25) is 4.79 Å². The van der Waals surface area contributed by atoms with Crippen molar-refractivity contribution in [1.82, 2.24) is 9.73 Å². The second-order valence-electron chi connectivity index (χ2n) is 8.99. The molecule has 3 rings (SSSR count). The van der Waals surface area contributed by atoms with E-state index in [4.69, 9.17) is 23.2 Å². The molecule has 35 heavy (non-hydrogen) atoms. The average Bonchev–Trinajstić information content (AvgIpc) is 2.80. The molecule has 0 aromatic heterocycles. The highest BCUT2D eigenvalue weighted by molar-refractivity contribution is 7.89. The minimum absolute atomic E-state index is 0.0323. The molecule has 0 aliphatic carbocycles. The van der Waals surface area contributed by atoms with Crippen molar-refractivity contribution >= 4 is 45.3 Å². The van der Waals surface area contributed by atoms with E-state index in [-0.39, 0.29) is 16.9 Å². The van der Waals surface area contributed by atoms with Crippen molar-refractivity contribution < 1.29 is 13.2 Å². The van der Waals surface area contributed by atoms with Crippen LogP contribution in [-0.2, 0) is 26.8 Å². The van der Waals surface area contributed by atoms with Gasteiger partial charge in [0.15, 0.2) is 0 Å². The summed E-state index contributed by atoms with van der Waals surface area (Å²) in [4.78, 5) is 12.7. The summed E-state index contributed by atoms with van der Waals surface area (Å²) in [6.07, 6.45) is 1.51. The highest BCUT2D eigenvalue weighted by atomic mass is 35.5. The molecule has 6 nitrogen and oxygen atoms in total. The number of nitrogens with zero attached hydrogens (tertiary/aromatic N) is 2. The Morgan fingerprint density at radius 3 is 2.26 bits per heavy atom. The van der Waals surface area contributed by atoms with Gasteiger partial charge in [0.2, 0.25) is 10.0 Å². The van der Waals surface area contributed by atoms with Crippen molar-refractivity contribution in [2.24, 2.45) is 5.10 Å². The Morgan fingerprint density at radius 2 is 1.66 bits per heavy atom. The molecule has 184 valence electrons. The summed E-state index contributed by atoms with van der Waals surface area (Å²) in [7, 11) is -3.99. The molecule has 1 amide bonds. The van der Waals surface area contributed by atoms with Gasteiger partial charge in [-0.15, -0.1) is 0 Å². The Balaban J connectivity index is 1.76. The summed E-state index contributed by atoms with van der Waals surface area (Å²) in [6, 6.07) is 20.5. The monoisotopic (exact) mass is 531 g/mol. The number of halogens is 2. The molecule has 0 bridgehead atoms. The first-order valence-electron chi connectivity index (χ1n) is 10.9. The quantitative estimate of drug-likeness (QED) is 0.302. The molecule has 0 heterocycles. The van der Waals surface area contributed by atoms with E-state index in [1.807, 2.05) is 24.3 Å². The standard InChI is InChI=1S/C26H27Cl2N3O3S/c1-26(2,3)21-12-9-19(10-13-21)16-29-30-25(32)18-31(17-20-11-14-22(27)15-24(20)28)35(33,34)23-7-5-4-6-8-23/h4-16H,17-18H2,1-3H3,(H,30,32)/b29-16-. The first-order chi connectivity index (χ1) is 16.5. The van der Waals surface area contributed by atoms with Crippen LogP contribution in [0.3, 0.4) is 0 Å². The predicted molar refractivity (Wildman–Crippen MR) is 141 cm³/mol. The molecule has 0 atom stereocenters. The number of carbonyl (C=O) groups excluding carboxylic acids is 1. The fourth-order valence-corrected chi connectivity index (χ4v) is 5.11. The second-order valence-corrected chi connectivity index (χ2v) is 11.8. The number of hydrogen-bond acceptors (Lipinski definition) is 4. The lowest BCUT2D eigenvalue weighted by Gasteiger charge is -2.22. The average molecular weight is 532 g/mol. The molecule has 3 aromatic carbocycles. The lowest BCUT2D eigenvalue weighted by Crippen LogP contribution is -2.39. The van der Waals surface area contributed by atoms with Crippen LogP contribution in [0, 0.1) is 0 Å². The van der Waals surface area contributed by atoms with E-state index in [9.17, 15) is 13.2 Å². The molecule has 0 aliphatic heterocycles. The number of sulfonamides is 1. The van der Waals surface area contributed by atoms with Gasteiger partial charge in [-0.2, -0.15) is 9.41 Å². The lowest BCUT2D eigenvalue weighted by atomic mass is 9.87. The highest BCUT2D eigenvalue weighted by Gasteiger charge is 2.27. The summed E-state index contributed by atoms with van der Waals surface area (Å²) in [6.45, 7) is 5.82. The van der Waals surface area contributed by atoms with Crippen LogP contribution in [-0.4, -0.2) is 31.4 Å². The third-order valence-electron chi connectivity index (χ3n) is 5.24. The number of hydrazone groups is 1. The number of rotatable bonds is 8. The number of benzene rings is 3. The maximum Gasteiger partial charge on any atom is 0.255 e. The zero-order valence-corrected chi connectivity index (χ0v) is 22.0. The van der Waals surface area contributed by atoms with Crippen LogP contribution in [0.1, 0.15) is 37.5 Å². The van der Waals surface area contributed by atoms with Gasteiger partial charge in [0, 0.05) is 16.6 Å². The molecule has 0 unspecified atom stereocenters. The summed E-state index contributed by atoms with van der Waals surface area (Å²) >= 11 is 12.2. The van der Waals surface area contributed by atoms with Gasteiger partial charge in [-0.1, -0.05) is 92.5 Å². The van der Waals surface area contributed by atoms with Gasteiger partial charge >= 0.3 is 0 Å². The molecule has 0 aliphatic rings. The van der Waals surface area contributed by atoms with Crippen molar-refractivity contribution in [2.75, 3.05) is 6.54 Å². The number of amides is 1. The van der Waals surface area contributed by atoms with Crippen LogP contribution in [0.4, 0.5) is 0 Å².